The molecular formula is C15H31NO4S. The summed E-state index contributed by atoms with van der Waals surface area (Å²) in [5.74, 6) is 0.773. The fourth-order valence-electron chi connectivity index (χ4n) is 3.15. The van der Waals surface area contributed by atoms with Crippen LogP contribution >= 0.6 is 0 Å². The molecule has 0 unspecified atom stereocenters. The second-order valence-electron chi connectivity index (χ2n) is 6.86. The molecule has 0 heterocycles. The van der Waals surface area contributed by atoms with Gasteiger partial charge in [-0.3, -0.25) is 4.18 Å². The summed E-state index contributed by atoms with van der Waals surface area (Å²) in [7, 11) is -3.60. The van der Waals surface area contributed by atoms with Gasteiger partial charge >= 0.3 is 0 Å². The van der Waals surface area contributed by atoms with Crippen molar-refractivity contribution in [1.29, 1.82) is 0 Å². The number of hydrogen-bond donors (Lipinski definition) is 2. The lowest BCUT2D eigenvalue weighted by atomic mass is 9.83. The third-order valence-electron chi connectivity index (χ3n) is 4.15. The summed E-state index contributed by atoms with van der Waals surface area (Å²) < 4.78 is 27.8. The molecule has 0 aliphatic heterocycles. The lowest BCUT2D eigenvalue weighted by molar-refractivity contribution is 0.00687. The zero-order valence-corrected chi connectivity index (χ0v) is 14.3. The third-order valence-corrected chi connectivity index (χ3v) is 4.75. The highest BCUT2D eigenvalue weighted by molar-refractivity contribution is 7.86. The van der Waals surface area contributed by atoms with Gasteiger partial charge in [0, 0.05) is 6.04 Å². The van der Waals surface area contributed by atoms with E-state index >= 15 is 0 Å². The molecule has 3 atom stereocenters. The van der Waals surface area contributed by atoms with Gasteiger partial charge in [-0.25, -0.2) is 0 Å². The molecule has 6 heteroatoms. The number of rotatable bonds is 8. The van der Waals surface area contributed by atoms with Gasteiger partial charge in [-0.1, -0.05) is 46.0 Å². The van der Waals surface area contributed by atoms with E-state index in [2.05, 4.69) is 0 Å². The summed E-state index contributed by atoms with van der Waals surface area (Å²) in [6, 6.07) is -0.432. The Balaban J connectivity index is 2.61. The van der Waals surface area contributed by atoms with Crippen molar-refractivity contribution >= 4 is 10.1 Å². The predicted molar refractivity (Wildman–Crippen MR) is 84.3 cm³/mol. The highest BCUT2D eigenvalue weighted by Crippen LogP contribution is 2.28. The molecule has 5 nitrogen and oxygen atoms in total. The topological polar surface area (TPSA) is 89.6 Å². The molecule has 0 aromatic heterocycles. The van der Waals surface area contributed by atoms with Crippen LogP contribution in [-0.2, 0) is 14.3 Å². The van der Waals surface area contributed by atoms with Crippen LogP contribution in [0.4, 0.5) is 0 Å². The summed E-state index contributed by atoms with van der Waals surface area (Å²) in [6.07, 6.45) is 6.58. The molecule has 1 aliphatic carbocycles. The highest BCUT2D eigenvalue weighted by atomic mass is 32.2. The van der Waals surface area contributed by atoms with E-state index in [-0.39, 0.29) is 5.92 Å². The van der Waals surface area contributed by atoms with Crippen LogP contribution in [0.5, 0.6) is 0 Å². The van der Waals surface area contributed by atoms with Gasteiger partial charge < -0.3 is 10.8 Å². The van der Waals surface area contributed by atoms with Gasteiger partial charge in [0.25, 0.3) is 10.1 Å². The summed E-state index contributed by atoms with van der Waals surface area (Å²) in [4.78, 5) is 0. The molecule has 0 amide bonds. The second-order valence-corrected chi connectivity index (χ2v) is 8.46. The molecular weight excluding hydrogens is 290 g/mol. The van der Waals surface area contributed by atoms with E-state index < -0.39 is 28.4 Å². The lowest BCUT2D eigenvalue weighted by Crippen LogP contribution is -2.46. The van der Waals surface area contributed by atoms with E-state index in [1.807, 2.05) is 13.8 Å². The smallest absolute Gasteiger partial charge is 0.264 e. The molecule has 1 saturated carbocycles. The number of aliphatic hydroxyl groups excluding tert-OH is 1. The van der Waals surface area contributed by atoms with E-state index in [1.54, 1.807) is 0 Å². The molecule has 0 bridgehead atoms. The van der Waals surface area contributed by atoms with Crippen molar-refractivity contribution in [2.45, 2.75) is 77.0 Å². The van der Waals surface area contributed by atoms with E-state index in [0.717, 1.165) is 25.5 Å². The average molecular weight is 321 g/mol. The van der Waals surface area contributed by atoms with Crippen molar-refractivity contribution in [3.05, 3.63) is 0 Å². The van der Waals surface area contributed by atoms with Crippen molar-refractivity contribution in [1.82, 2.24) is 0 Å². The molecule has 0 aromatic rings. The number of aliphatic hydroxyl groups is 1. The molecule has 0 radical (unpaired) electrons. The highest BCUT2D eigenvalue weighted by Gasteiger charge is 2.31. The van der Waals surface area contributed by atoms with Gasteiger partial charge in [0.1, 0.15) is 6.10 Å². The Morgan fingerprint density at radius 3 is 2.29 bits per heavy atom. The Morgan fingerprint density at radius 1 is 1.24 bits per heavy atom. The fourth-order valence-corrected chi connectivity index (χ4v) is 3.79. The molecule has 0 spiro atoms. The van der Waals surface area contributed by atoms with E-state index in [4.69, 9.17) is 9.92 Å². The normalized spacial score (nSPS) is 22.2. The van der Waals surface area contributed by atoms with Crippen molar-refractivity contribution in [3.63, 3.8) is 0 Å². The van der Waals surface area contributed by atoms with Crippen molar-refractivity contribution in [3.8, 4) is 0 Å². The Hall–Kier alpha value is -0.170. The third kappa shape index (κ3) is 7.58. The van der Waals surface area contributed by atoms with E-state index in [9.17, 15) is 13.5 Å². The first-order chi connectivity index (χ1) is 9.69. The zero-order valence-electron chi connectivity index (χ0n) is 13.5. The minimum absolute atomic E-state index is 0.230. The summed E-state index contributed by atoms with van der Waals surface area (Å²) in [6.45, 7) is 3.94. The second kappa shape index (κ2) is 8.46. The quantitative estimate of drug-likeness (QED) is 0.668. The maximum atomic E-state index is 11.4. The SMILES string of the molecule is CC(C)C[C@H](OS(C)(=O)=O)[C@H](O)[C@@H](N)CC1CCCCC1. The Labute approximate surface area is 129 Å². The van der Waals surface area contributed by atoms with Crippen LogP contribution in [0.25, 0.3) is 0 Å². The fraction of sp³-hybridized carbons (Fsp3) is 1.00. The molecule has 3 N–H and O–H groups in total. The van der Waals surface area contributed by atoms with Gasteiger partial charge in [-0.15, -0.1) is 0 Å². The monoisotopic (exact) mass is 321 g/mol. The van der Waals surface area contributed by atoms with E-state index in [1.165, 1.54) is 19.3 Å². The Bertz CT molecular complexity index is 390. The van der Waals surface area contributed by atoms with Crippen molar-refractivity contribution in [2.75, 3.05) is 6.26 Å². The van der Waals surface area contributed by atoms with Crippen molar-refractivity contribution in [2.24, 2.45) is 17.6 Å². The first-order valence-corrected chi connectivity index (χ1v) is 9.82. The van der Waals surface area contributed by atoms with E-state index in [0.29, 0.717) is 12.3 Å². The Kier molecular flexibility index (Phi) is 7.60. The first-order valence-electron chi connectivity index (χ1n) is 8.01. The van der Waals surface area contributed by atoms with Crippen LogP contribution in [0.1, 0.15) is 58.8 Å². The van der Waals surface area contributed by atoms with Crippen LogP contribution in [-0.4, -0.2) is 38.0 Å². The molecule has 21 heavy (non-hydrogen) atoms. The van der Waals surface area contributed by atoms with Gasteiger partial charge in [0.05, 0.1) is 12.4 Å². The summed E-state index contributed by atoms with van der Waals surface area (Å²) in [5, 5.41) is 10.4. The van der Waals surface area contributed by atoms with Crippen LogP contribution in [0, 0.1) is 11.8 Å². The van der Waals surface area contributed by atoms with Gasteiger partial charge in [-0.05, 0) is 24.7 Å². The largest absolute Gasteiger partial charge is 0.389 e. The molecule has 126 valence electrons. The average Bonchev–Trinajstić information content (AvgIpc) is 2.36. The minimum Gasteiger partial charge on any atom is -0.389 e. The molecule has 1 rings (SSSR count). The lowest BCUT2D eigenvalue weighted by Gasteiger charge is -2.31. The predicted octanol–water partition coefficient (Wildman–Crippen LogP) is 2.04. The van der Waals surface area contributed by atoms with Crippen LogP contribution in [0.15, 0.2) is 0 Å². The van der Waals surface area contributed by atoms with Crippen molar-refractivity contribution < 1.29 is 17.7 Å². The van der Waals surface area contributed by atoms with Crippen LogP contribution < -0.4 is 5.73 Å². The molecule has 1 fully saturated rings. The zero-order chi connectivity index (χ0) is 16.0. The summed E-state index contributed by atoms with van der Waals surface area (Å²) >= 11 is 0. The minimum atomic E-state index is -3.60. The number of nitrogens with two attached hydrogens (primary N) is 1. The summed E-state index contributed by atoms with van der Waals surface area (Å²) in [5.41, 5.74) is 6.12. The van der Waals surface area contributed by atoms with Gasteiger partial charge in [-0.2, -0.15) is 8.42 Å². The maximum Gasteiger partial charge on any atom is 0.264 e. The molecule has 1 aliphatic rings. The van der Waals surface area contributed by atoms with Crippen LogP contribution in [0.3, 0.4) is 0 Å². The Morgan fingerprint density at radius 2 is 1.81 bits per heavy atom. The van der Waals surface area contributed by atoms with Crippen LogP contribution in [0.2, 0.25) is 0 Å². The first kappa shape index (κ1) is 18.9. The molecule has 0 aromatic carbocycles. The van der Waals surface area contributed by atoms with Gasteiger partial charge in [0.15, 0.2) is 0 Å². The standard InChI is InChI=1S/C15H31NO4S/c1-11(2)9-14(20-21(3,18)19)15(17)13(16)10-12-7-5-4-6-8-12/h11-15,17H,4-10,16H2,1-3H3/t13-,14-,15+/m0/s1. The number of hydrogen-bond acceptors (Lipinski definition) is 5. The molecule has 0 saturated heterocycles. The van der Waals surface area contributed by atoms with Gasteiger partial charge in [0.2, 0.25) is 0 Å². The maximum absolute atomic E-state index is 11.4.